The second-order valence-electron chi connectivity index (χ2n) is 7.26. The zero-order chi connectivity index (χ0) is 22.0. The molecule has 0 saturated heterocycles. The average Bonchev–Trinajstić information content (AvgIpc) is 3.17. The molecule has 164 valence electrons. The van der Waals surface area contributed by atoms with Crippen LogP contribution in [0.5, 0.6) is 5.75 Å². The van der Waals surface area contributed by atoms with Crippen molar-refractivity contribution in [3.8, 4) is 5.75 Å². The standard InChI is InChI=1S/C23H29ClO6/c1-29-22(26)23(27,28)21(25)14-3-2-8-17-10-6-11-18(17)9-4-5-15-30-20-13-7-12-19(24)16-20/h2-4,7,9,12-14,16-18,25,27-28H,5-6,8,10-11,15H2,1H3/b3-2+,9-4+,21-14-/t17-,18-/m0/s1. The minimum absolute atomic E-state index is 0.475. The van der Waals surface area contributed by atoms with Crippen molar-refractivity contribution >= 4 is 17.6 Å². The molecule has 1 aliphatic rings. The van der Waals surface area contributed by atoms with Crippen LogP contribution in [0.2, 0.25) is 5.02 Å². The third-order valence-corrected chi connectivity index (χ3v) is 5.34. The summed E-state index contributed by atoms with van der Waals surface area (Å²) < 4.78 is 9.92. The SMILES string of the molecule is COC(=O)C(O)(O)/C(O)=C/C=C/C[C@H]1CCC[C@@H]1/C=C/CCOc1cccc(Cl)c1. The molecule has 1 saturated carbocycles. The number of ether oxygens (including phenoxy) is 2. The highest BCUT2D eigenvalue weighted by Crippen LogP contribution is 2.35. The van der Waals surface area contributed by atoms with E-state index in [9.17, 15) is 20.1 Å². The smallest absolute Gasteiger partial charge is 0.374 e. The van der Waals surface area contributed by atoms with Gasteiger partial charge in [-0.15, -0.1) is 0 Å². The summed E-state index contributed by atoms with van der Waals surface area (Å²) in [7, 11) is 1.00. The summed E-state index contributed by atoms with van der Waals surface area (Å²) in [5.74, 6) is -3.54. The maximum Gasteiger partial charge on any atom is 0.374 e. The number of aliphatic hydroxyl groups excluding tert-OH is 1. The molecular formula is C23H29ClO6. The van der Waals surface area contributed by atoms with Gasteiger partial charge in [0.15, 0.2) is 5.76 Å². The number of benzene rings is 1. The molecule has 0 radical (unpaired) electrons. The number of carbonyl (C=O) groups excluding carboxylic acids is 1. The number of methoxy groups -OCH3 is 1. The molecule has 0 aliphatic heterocycles. The van der Waals surface area contributed by atoms with E-state index in [1.165, 1.54) is 6.08 Å². The molecule has 0 spiro atoms. The fourth-order valence-electron chi connectivity index (χ4n) is 3.46. The van der Waals surface area contributed by atoms with Gasteiger partial charge in [-0.25, -0.2) is 4.79 Å². The summed E-state index contributed by atoms with van der Waals surface area (Å²) in [6.07, 6.45) is 13.8. The van der Waals surface area contributed by atoms with E-state index in [1.807, 2.05) is 24.3 Å². The lowest BCUT2D eigenvalue weighted by Crippen LogP contribution is -2.41. The fraction of sp³-hybridized carbons (Fsp3) is 0.435. The Labute approximate surface area is 182 Å². The number of hydrogen-bond donors (Lipinski definition) is 3. The van der Waals surface area contributed by atoms with Gasteiger partial charge in [-0.05, 0) is 61.8 Å². The van der Waals surface area contributed by atoms with Gasteiger partial charge in [0, 0.05) is 5.02 Å². The molecule has 1 aromatic rings. The molecule has 0 heterocycles. The predicted octanol–water partition coefficient (Wildman–Crippen LogP) is 4.32. The van der Waals surface area contributed by atoms with Gasteiger partial charge in [-0.1, -0.05) is 48.4 Å². The van der Waals surface area contributed by atoms with Gasteiger partial charge in [0.05, 0.1) is 13.7 Å². The fourth-order valence-corrected chi connectivity index (χ4v) is 3.64. The Bertz CT molecular complexity index is 784. The molecule has 2 rings (SSSR count). The maximum atomic E-state index is 11.2. The van der Waals surface area contributed by atoms with Gasteiger partial charge >= 0.3 is 11.8 Å². The lowest BCUT2D eigenvalue weighted by Gasteiger charge is -2.17. The number of rotatable bonds is 10. The Hall–Kier alpha value is -2.28. The molecule has 0 amide bonds. The molecule has 2 atom stereocenters. The zero-order valence-corrected chi connectivity index (χ0v) is 17.8. The van der Waals surface area contributed by atoms with Crippen molar-refractivity contribution in [3.05, 3.63) is 65.4 Å². The molecule has 7 heteroatoms. The minimum Gasteiger partial charge on any atom is -0.506 e. The molecular weight excluding hydrogens is 408 g/mol. The Morgan fingerprint density at radius 2 is 2.10 bits per heavy atom. The zero-order valence-electron chi connectivity index (χ0n) is 17.0. The molecule has 6 nitrogen and oxygen atoms in total. The van der Waals surface area contributed by atoms with Crippen LogP contribution in [0.3, 0.4) is 0 Å². The van der Waals surface area contributed by atoms with Crippen LogP contribution in [-0.2, 0) is 9.53 Å². The van der Waals surface area contributed by atoms with Gasteiger partial charge in [0.25, 0.3) is 0 Å². The first kappa shape index (κ1) is 24.0. The van der Waals surface area contributed by atoms with E-state index in [1.54, 1.807) is 6.07 Å². The molecule has 1 aliphatic carbocycles. The highest BCUT2D eigenvalue weighted by atomic mass is 35.5. The average molecular weight is 437 g/mol. The van der Waals surface area contributed by atoms with Gasteiger partial charge in [0.2, 0.25) is 0 Å². The topological polar surface area (TPSA) is 96.2 Å². The number of hydrogen-bond acceptors (Lipinski definition) is 6. The first-order valence-corrected chi connectivity index (χ1v) is 10.4. The van der Waals surface area contributed by atoms with E-state index in [0.717, 1.165) is 51.0 Å². The van der Waals surface area contributed by atoms with E-state index < -0.39 is 17.5 Å². The van der Waals surface area contributed by atoms with Crippen molar-refractivity contribution in [1.82, 2.24) is 0 Å². The Morgan fingerprint density at radius 3 is 2.83 bits per heavy atom. The maximum absolute atomic E-state index is 11.2. The van der Waals surface area contributed by atoms with E-state index in [-0.39, 0.29) is 0 Å². The number of aliphatic hydroxyl groups is 3. The summed E-state index contributed by atoms with van der Waals surface area (Å²) >= 11 is 5.94. The van der Waals surface area contributed by atoms with Crippen LogP contribution in [0.1, 0.15) is 32.1 Å². The third kappa shape index (κ3) is 7.20. The first-order chi connectivity index (χ1) is 14.3. The van der Waals surface area contributed by atoms with Crippen LogP contribution in [-0.4, -0.2) is 40.8 Å². The van der Waals surface area contributed by atoms with Crippen LogP contribution in [0.25, 0.3) is 0 Å². The number of halogens is 1. The van der Waals surface area contributed by atoms with Crippen molar-refractivity contribution in [3.63, 3.8) is 0 Å². The van der Waals surface area contributed by atoms with Crippen molar-refractivity contribution in [2.75, 3.05) is 13.7 Å². The minimum atomic E-state index is -3.04. The molecule has 0 unspecified atom stereocenters. The highest BCUT2D eigenvalue weighted by molar-refractivity contribution is 6.30. The van der Waals surface area contributed by atoms with E-state index in [4.69, 9.17) is 16.3 Å². The summed E-state index contributed by atoms with van der Waals surface area (Å²) in [5, 5.41) is 29.4. The normalized spacial score (nSPS) is 20.2. The Morgan fingerprint density at radius 1 is 1.30 bits per heavy atom. The summed E-state index contributed by atoms with van der Waals surface area (Å²) in [4.78, 5) is 11.2. The molecule has 30 heavy (non-hydrogen) atoms. The molecule has 0 aromatic heterocycles. The van der Waals surface area contributed by atoms with Gasteiger partial charge in [0.1, 0.15) is 5.75 Å². The van der Waals surface area contributed by atoms with Crippen LogP contribution < -0.4 is 4.74 Å². The largest absolute Gasteiger partial charge is 0.506 e. The molecule has 3 N–H and O–H groups in total. The van der Waals surface area contributed by atoms with Crippen LogP contribution >= 0.6 is 11.6 Å². The third-order valence-electron chi connectivity index (χ3n) is 5.11. The lowest BCUT2D eigenvalue weighted by molar-refractivity contribution is -0.201. The van der Waals surface area contributed by atoms with Crippen molar-refractivity contribution in [1.29, 1.82) is 0 Å². The van der Waals surface area contributed by atoms with E-state index >= 15 is 0 Å². The van der Waals surface area contributed by atoms with Gasteiger partial charge in [-0.2, -0.15) is 0 Å². The summed E-state index contributed by atoms with van der Waals surface area (Å²) in [6, 6.07) is 7.34. The molecule has 1 fully saturated rings. The van der Waals surface area contributed by atoms with Gasteiger partial charge in [-0.3, -0.25) is 0 Å². The highest BCUT2D eigenvalue weighted by Gasteiger charge is 2.39. The monoisotopic (exact) mass is 436 g/mol. The number of allylic oxidation sites excluding steroid dienone is 4. The van der Waals surface area contributed by atoms with Gasteiger partial charge < -0.3 is 24.8 Å². The van der Waals surface area contributed by atoms with Crippen molar-refractivity contribution in [2.45, 2.75) is 37.9 Å². The lowest BCUT2D eigenvalue weighted by atomic mass is 9.92. The quantitative estimate of drug-likeness (QED) is 0.126. The second kappa shape index (κ2) is 11.8. The van der Waals surface area contributed by atoms with E-state index in [2.05, 4.69) is 16.9 Å². The van der Waals surface area contributed by atoms with Crippen LogP contribution in [0.4, 0.5) is 0 Å². The van der Waals surface area contributed by atoms with Crippen molar-refractivity contribution < 1.29 is 29.6 Å². The van der Waals surface area contributed by atoms with Crippen LogP contribution in [0.15, 0.2) is 60.4 Å². The number of carbonyl (C=O) groups is 1. The first-order valence-electron chi connectivity index (χ1n) is 9.99. The molecule has 1 aromatic carbocycles. The summed E-state index contributed by atoms with van der Waals surface area (Å²) in [6.45, 7) is 0.586. The van der Waals surface area contributed by atoms with E-state index in [0.29, 0.717) is 23.5 Å². The number of esters is 1. The predicted molar refractivity (Wildman–Crippen MR) is 115 cm³/mol. The Balaban J connectivity index is 1.77. The summed E-state index contributed by atoms with van der Waals surface area (Å²) in [5.41, 5.74) is 0. The Kier molecular flexibility index (Phi) is 9.43. The van der Waals surface area contributed by atoms with Crippen molar-refractivity contribution in [2.24, 2.45) is 11.8 Å². The molecule has 0 bridgehead atoms. The van der Waals surface area contributed by atoms with Crippen LogP contribution in [0, 0.1) is 11.8 Å². The second-order valence-corrected chi connectivity index (χ2v) is 7.69.